The lowest BCUT2D eigenvalue weighted by atomic mass is 10.1. The molecule has 1 amide bonds. The van der Waals surface area contributed by atoms with Crippen molar-refractivity contribution in [1.82, 2.24) is 0 Å². The number of amides is 1. The summed E-state index contributed by atoms with van der Waals surface area (Å²) in [6, 6.07) is 14.6. The summed E-state index contributed by atoms with van der Waals surface area (Å²) in [4.78, 5) is 24.2. The van der Waals surface area contributed by atoms with E-state index in [9.17, 15) is 9.59 Å². The van der Waals surface area contributed by atoms with Crippen molar-refractivity contribution in [3.63, 3.8) is 0 Å². The molecule has 0 radical (unpaired) electrons. The van der Waals surface area contributed by atoms with Gasteiger partial charge in [-0.2, -0.15) is 0 Å². The van der Waals surface area contributed by atoms with E-state index in [2.05, 4.69) is 12.2 Å². The van der Waals surface area contributed by atoms with Gasteiger partial charge in [0.1, 0.15) is 5.75 Å². The molecule has 1 N–H and O–H groups in total. The fourth-order valence-corrected chi connectivity index (χ4v) is 2.60. The topological polar surface area (TPSA) is 64.6 Å². The summed E-state index contributed by atoms with van der Waals surface area (Å²) in [5, 5.41) is 2.89. The number of anilines is 1. The summed E-state index contributed by atoms with van der Waals surface area (Å²) in [6.45, 7) is 7.38. The number of nitrogens with one attached hydrogen (secondary N) is 1. The predicted molar refractivity (Wildman–Crippen MR) is 111 cm³/mol. The molecule has 0 aliphatic heterocycles. The molecule has 0 saturated carbocycles. The van der Waals surface area contributed by atoms with Gasteiger partial charge < -0.3 is 14.8 Å². The van der Waals surface area contributed by atoms with Crippen LogP contribution in [0.15, 0.2) is 48.5 Å². The van der Waals surface area contributed by atoms with Crippen molar-refractivity contribution in [2.45, 2.75) is 59.2 Å². The SMILES string of the molecule is CCCCc1ccc(NC(=O)c2ccc(OC(C)C(=O)OC(C)C)cc2)cc1. The average molecular weight is 383 g/mol. The maximum atomic E-state index is 12.4. The van der Waals surface area contributed by atoms with E-state index in [-0.39, 0.29) is 12.0 Å². The Labute approximate surface area is 167 Å². The molecule has 0 aliphatic rings. The van der Waals surface area contributed by atoms with Gasteiger partial charge in [-0.05, 0) is 75.6 Å². The molecule has 2 aromatic rings. The lowest BCUT2D eigenvalue weighted by Gasteiger charge is -2.16. The minimum atomic E-state index is -0.715. The van der Waals surface area contributed by atoms with Gasteiger partial charge in [-0.25, -0.2) is 4.79 Å². The first-order valence-electron chi connectivity index (χ1n) is 9.76. The van der Waals surface area contributed by atoms with Gasteiger partial charge in [0.05, 0.1) is 6.10 Å². The van der Waals surface area contributed by atoms with Gasteiger partial charge in [-0.1, -0.05) is 25.5 Å². The summed E-state index contributed by atoms with van der Waals surface area (Å²) in [7, 11) is 0. The average Bonchev–Trinajstić information content (AvgIpc) is 2.67. The van der Waals surface area contributed by atoms with Crippen LogP contribution in [0.4, 0.5) is 5.69 Å². The van der Waals surface area contributed by atoms with Gasteiger partial charge in [0.25, 0.3) is 5.91 Å². The molecule has 5 heteroatoms. The first kappa shape index (κ1) is 21.5. The van der Waals surface area contributed by atoms with Gasteiger partial charge in [0, 0.05) is 11.3 Å². The number of carbonyl (C=O) groups excluding carboxylic acids is 2. The number of unbranched alkanes of at least 4 members (excludes halogenated alkanes) is 1. The molecule has 2 rings (SSSR count). The fraction of sp³-hybridized carbons (Fsp3) is 0.391. The Morgan fingerprint density at radius 2 is 1.61 bits per heavy atom. The van der Waals surface area contributed by atoms with Crippen LogP contribution in [0.5, 0.6) is 5.75 Å². The van der Waals surface area contributed by atoms with E-state index in [1.54, 1.807) is 45.0 Å². The highest BCUT2D eigenvalue weighted by Crippen LogP contribution is 2.17. The normalized spacial score (nSPS) is 11.8. The van der Waals surface area contributed by atoms with E-state index in [4.69, 9.17) is 9.47 Å². The number of carbonyl (C=O) groups is 2. The molecule has 0 aliphatic carbocycles. The van der Waals surface area contributed by atoms with Gasteiger partial charge in [0.15, 0.2) is 6.10 Å². The van der Waals surface area contributed by atoms with Gasteiger partial charge >= 0.3 is 5.97 Å². The molecule has 1 atom stereocenters. The summed E-state index contributed by atoms with van der Waals surface area (Å²) < 4.78 is 10.7. The number of benzene rings is 2. The third kappa shape index (κ3) is 6.72. The molecule has 28 heavy (non-hydrogen) atoms. The molecular weight excluding hydrogens is 354 g/mol. The zero-order valence-corrected chi connectivity index (χ0v) is 17.0. The Bertz CT molecular complexity index is 766. The summed E-state index contributed by atoms with van der Waals surface area (Å²) in [5.41, 5.74) is 2.54. The molecule has 0 spiro atoms. The Morgan fingerprint density at radius 3 is 2.18 bits per heavy atom. The molecule has 0 aromatic heterocycles. The van der Waals surface area contributed by atoms with E-state index >= 15 is 0 Å². The van der Waals surface area contributed by atoms with E-state index in [1.165, 1.54) is 5.56 Å². The van der Waals surface area contributed by atoms with Crippen molar-refractivity contribution in [2.24, 2.45) is 0 Å². The second-order valence-electron chi connectivity index (χ2n) is 7.02. The highest BCUT2D eigenvalue weighted by molar-refractivity contribution is 6.04. The van der Waals surface area contributed by atoms with E-state index in [0.29, 0.717) is 11.3 Å². The van der Waals surface area contributed by atoms with Crippen LogP contribution in [0.25, 0.3) is 0 Å². The Balaban J connectivity index is 1.91. The second kappa shape index (κ2) is 10.5. The van der Waals surface area contributed by atoms with Crippen LogP contribution >= 0.6 is 0 Å². The minimum absolute atomic E-state index is 0.190. The fourth-order valence-electron chi connectivity index (χ4n) is 2.60. The quantitative estimate of drug-likeness (QED) is 0.619. The maximum absolute atomic E-state index is 12.4. The molecule has 1 unspecified atom stereocenters. The lowest BCUT2D eigenvalue weighted by Crippen LogP contribution is -2.28. The number of ether oxygens (including phenoxy) is 2. The second-order valence-corrected chi connectivity index (χ2v) is 7.02. The standard InChI is InChI=1S/C23H29NO4/c1-5-6-7-18-8-12-20(13-9-18)24-22(25)19-10-14-21(15-11-19)28-17(4)23(26)27-16(2)3/h8-17H,5-7H2,1-4H3,(H,24,25). The zero-order chi connectivity index (χ0) is 20.5. The number of hydrogen-bond donors (Lipinski definition) is 1. The van der Waals surface area contributed by atoms with Gasteiger partial charge in [-0.15, -0.1) is 0 Å². The number of esters is 1. The van der Waals surface area contributed by atoms with Gasteiger partial charge in [0.2, 0.25) is 0 Å². The molecule has 2 aromatic carbocycles. The largest absolute Gasteiger partial charge is 0.479 e. The monoisotopic (exact) mass is 383 g/mol. The first-order valence-corrected chi connectivity index (χ1v) is 9.76. The van der Waals surface area contributed by atoms with E-state index in [0.717, 1.165) is 24.9 Å². The highest BCUT2D eigenvalue weighted by Gasteiger charge is 2.17. The number of aryl methyl sites for hydroxylation is 1. The van der Waals surface area contributed by atoms with Crippen LogP contribution < -0.4 is 10.1 Å². The third-order valence-electron chi connectivity index (χ3n) is 4.14. The lowest BCUT2D eigenvalue weighted by molar-refractivity contribution is -0.154. The third-order valence-corrected chi connectivity index (χ3v) is 4.14. The summed E-state index contributed by atoms with van der Waals surface area (Å²) >= 11 is 0. The maximum Gasteiger partial charge on any atom is 0.347 e. The van der Waals surface area contributed by atoms with Crippen LogP contribution in [-0.4, -0.2) is 24.1 Å². The van der Waals surface area contributed by atoms with Gasteiger partial charge in [-0.3, -0.25) is 4.79 Å². The van der Waals surface area contributed by atoms with Crippen molar-refractivity contribution in [3.8, 4) is 5.75 Å². The highest BCUT2D eigenvalue weighted by atomic mass is 16.6. The molecule has 0 fully saturated rings. The van der Waals surface area contributed by atoms with Crippen LogP contribution in [0, 0.1) is 0 Å². The van der Waals surface area contributed by atoms with Crippen molar-refractivity contribution in [1.29, 1.82) is 0 Å². The van der Waals surface area contributed by atoms with Crippen molar-refractivity contribution in [2.75, 3.05) is 5.32 Å². The zero-order valence-electron chi connectivity index (χ0n) is 17.0. The molecule has 0 saturated heterocycles. The smallest absolute Gasteiger partial charge is 0.347 e. The van der Waals surface area contributed by atoms with E-state index in [1.807, 2.05) is 24.3 Å². The Morgan fingerprint density at radius 1 is 0.964 bits per heavy atom. The van der Waals surface area contributed by atoms with E-state index < -0.39 is 12.1 Å². The Kier molecular flexibility index (Phi) is 8.05. The first-order chi connectivity index (χ1) is 13.4. The summed E-state index contributed by atoms with van der Waals surface area (Å²) in [5.74, 6) is -0.107. The van der Waals surface area contributed by atoms with Crippen molar-refractivity contribution < 1.29 is 19.1 Å². The summed E-state index contributed by atoms with van der Waals surface area (Å²) in [6.07, 6.45) is 2.47. The Hall–Kier alpha value is -2.82. The van der Waals surface area contributed by atoms with Crippen LogP contribution in [0.3, 0.4) is 0 Å². The molecule has 0 heterocycles. The number of rotatable bonds is 9. The number of hydrogen-bond acceptors (Lipinski definition) is 4. The van der Waals surface area contributed by atoms with Crippen molar-refractivity contribution >= 4 is 17.6 Å². The van der Waals surface area contributed by atoms with Crippen LogP contribution in [0.1, 0.15) is 56.5 Å². The molecular formula is C23H29NO4. The van der Waals surface area contributed by atoms with Crippen LogP contribution in [-0.2, 0) is 16.0 Å². The molecule has 0 bridgehead atoms. The van der Waals surface area contributed by atoms with Crippen LogP contribution in [0.2, 0.25) is 0 Å². The predicted octanol–water partition coefficient (Wildman–Crippen LogP) is 5.00. The minimum Gasteiger partial charge on any atom is -0.479 e. The van der Waals surface area contributed by atoms with Crippen molar-refractivity contribution in [3.05, 3.63) is 59.7 Å². The molecule has 150 valence electrons. The molecule has 5 nitrogen and oxygen atoms in total.